The van der Waals surface area contributed by atoms with Crippen LogP contribution in [0.5, 0.6) is 11.6 Å². The molecule has 0 bridgehead atoms. The van der Waals surface area contributed by atoms with Crippen LogP contribution in [0, 0.1) is 6.92 Å². The van der Waals surface area contributed by atoms with E-state index in [1.807, 2.05) is 49.4 Å². The zero-order valence-electron chi connectivity index (χ0n) is 10.3. The van der Waals surface area contributed by atoms with Crippen molar-refractivity contribution in [2.75, 3.05) is 0 Å². The summed E-state index contributed by atoms with van der Waals surface area (Å²) in [6.07, 6.45) is 1.52. The topological polar surface area (TPSA) is 35.0 Å². The van der Waals surface area contributed by atoms with Gasteiger partial charge in [-0.2, -0.15) is 0 Å². The summed E-state index contributed by atoms with van der Waals surface area (Å²) in [7, 11) is 0. The Kier molecular flexibility index (Phi) is 3.17. The van der Waals surface area contributed by atoms with Gasteiger partial charge in [-0.1, -0.05) is 34.1 Å². The predicted molar refractivity (Wildman–Crippen MR) is 78.5 cm³/mol. The van der Waals surface area contributed by atoms with Crippen LogP contribution in [-0.2, 0) is 0 Å². The second kappa shape index (κ2) is 4.97. The van der Waals surface area contributed by atoms with Crippen molar-refractivity contribution in [3.63, 3.8) is 0 Å². The van der Waals surface area contributed by atoms with Crippen molar-refractivity contribution in [1.82, 2.24) is 9.97 Å². The third kappa shape index (κ3) is 2.44. The van der Waals surface area contributed by atoms with Gasteiger partial charge in [-0.3, -0.25) is 0 Å². The molecule has 3 rings (SSSR count). The van der Waals surface area contributed by atoms with E-state index in [4.69, 9.17) is 4.74 Å². The normalized spacial score (nSPS) is 10.6. The van der Waals surface area contributed by atoms with Gasteiger partial charge < -0.3 is 4.74 Å². The van der Waals surface area contributed by atoms with E-state index in [2.05, 4.69) is 25.9 Å². The number of hydrogen-bond donors (Lipinski definition) is 0. The van der Waals surface area contributed by atoms with Gasteiger partial charge in [0.25, 0.3) is 0 Å². The number of halogens is 1. The Balaban J connectivity index is 2.09. The molecule has 3 nitrogen and oxygen atoms in total. The lowest BCUT2D eigenvalue weighted by atomic mass is 10.2. The lowest BCUT2D eigenvalue weighted by Gasteiger charge is -2.09. The van der Waals surface area contributed by atoms with E-state index in [0.29, 0.717) is 5.88 Å². The highest BCUT2D eigenvalue weighted by Gasteiger charge is 2.07. The van der Waals surface area contributed by atoms with Gasteiger partial charge >= 0.3 is 0 Å². The van der Waals surface area contributed by atoms with Gasteiger partial charge in [0.05, 0.1) is 10.9 Å². The Labute approximate surface area is 119 Å². The van der Waals surface area contributed by atoms with Crippen molar-refractivity contribution >= 4 is 26.8 Å². The molecule has 0 fully saturated rings. The lowest BCUT2D eigenvalue weighted by molar-refractivity contribution is 0.464. The maximum atomic E-state index is 5.90. The Bertz CT molecular complexity index is 743. The van der Waals surface area contributed by atoms with Crippen LogP contribution in [0.15, 0.2) is 53.3 Å². The van der Waals surface area contributed by atoms with E-state index in [1.165, 1.54) is 6.33 Å². The van der Waals surface area contributed by atoms with Gasteiger partial charge in [0.15, 0.2) is 0 Å². The minimum absolute atomic E-state index is 0.576. The Morgan fingerprint density at radius 1 is 1.05 bits per heavy atom. The summed E-state index contributed by atoms with van der Waals surface area (Å²) in [4.78, 5) is 8.47. The molecule has 0 aliphatic carbocycles. The highest BCUT2D eigenvalue weighted by Crippen LogP contribution is 2.29. The third-order valence-electron chi connectivity index (χ3n) is 2.86. The molecule has 4 heteroatoms. The monoisotopic (exact) mass is 314 g/mol. The molecule has 0 saturated carbocycles. The van der Waals surface area contributed by atoms with Gasteiger partial charge in [-0.25, -0.2) is 9.97 Å². The number of hydrogen-bond acceptors (Lipinski definition) is 3. The number of para-hydroxylation sites is 1. The highest BCUT2D eigenvalue weighted by molar-refractivity contribution is 9.10. The molecule has 0 aliphatic heterocycles. The maximum Gasteiger partial charge on any atom is 0.230 e. The van der Waals surface area contributed by atoms with Gasteiger partial charge in [-0.15, -0.1) is 0 Å². The van der Waals surface area contributed by atoms with Crippen molar-refractivity contribution < 1.29 is 4.74 Å². The van der Waals surface area contributed by atoms with Crippen molar-refractivity contribution in [2.24, 2.45) is 0 Å². The Hall–Kier alpha value is -1.94. The summed E-state index contributed by atoms with van der Waals surface area (Å²) in [6.45, 7) is 2.01. The maximum absolute atomic E-state index is 5.90. The fourth-order valence-corrected chi connectivity index (χ4v) is 2.21. The summed E-state index contributed by atoms with van der Waals surface area (Å²) in [6, 6.07) is 13.7. The fraction of sp³-hybridized carbons (Fsp3) is 0.0667. The van der Waals surface area contributed by atoms with Crippen molar-refractivity contribution in [3.8, 4) is 11.6 Å². The van der Waals surface area contributed by atoms with Crippen LogP contribution in [0.2, 0.25) is 0 Å². The number of aromatic nitrogens is 2. The lowest BCUT2D eigenvalue weighted by Crippen LogP contribution is -1.92. The first kappa shape index (κ1) is 12.1. The first-order valence-corrected chi connectivity index (χ1v) is 6.67. The van der Waals surface area contributed by atoms with Gasteiger partial charge in [0.2, 0.25) is 5.88 Å². The molecule has 0 atom stereocenters. The van der Waals surface area contributed by atoms with Gasteiger partial charge in [0.1, 0.15) is 12.1 Å². The molecule has 3 aromatic rings. The van der Waals surface area contributed by atoms with E-state index in [0.717, 1.165) is 26.7 Å². The zero-order chi connectivity index (χ0) is 13.2. The molecule has 0 N–H and O–H groups in total. The molecule has 0 saturated heterocycles. The molecule has 1 heterocycles. The average molecular weight is 315 g/mol. The number of nitrogens with zero attached hydrogens (tertiary/aromatic N) is 2. The molecule has 0 unspecified atom stereocenters. The second-order valence-corrected chi connectivity index (χ2v) is 5.12. The standard InChI is InChI=1S/C15H11BrN2O/c1-10-4-2-3-5-14(10)19-15-12-7-6-11(16)8-13(12)17-9-18-15/h2-9H,1H3. The summed E-state index contributed by atoms with van der Waals surface area (Å²) < 4.78 is 6.88. The van der Waals surface area contributed by atoms with E-state index >= 15 is 0 Å². The van der Waals surface area contributed by atoms with E-state index in [9.17, 15) is 0 Å². The molecular weight excluding hydrogens is 304 g/mol. The first-order valence-electron chi connectivity index (χ1n) is 5.88. The summed E-state index contributed by atoms with van der Waals surface area (Å²) in [5.41, 5.74) is 1.93. The largest absolute Gasteiger partial charge is 0.438 e. The second-order valence-electron chi connectivity index (χ2n) is 4.21. The van der Waals surface area contributed by atoms with Crippen LogP contribution in [0.25, 0.3) is 10.9 Å². The summed E-state index contributed by atoms with van der Waals surface area (Å²) in [5.74, 6) is 1.39. The highest BCUT2D eigenvalue weighted by atomic mass is 79.9. The molecular formula is C15H11BrN2O. The number of fused-ring (bicyclic) bond motifs is 1. The summed E-state index contributed by atoms with van der Waals surface area (Å²) in [5, 5.41) is 0.897. The molecule has 0 aliphatic rings. The van der Waals surface area contributed by atoms with Crippen molar-refractivity contribution in [3.05, 3.63) is 58.8 Å². The van der Waals surface area contributed by atoms with Crippen molar-refractivity contribution in [1.29, 1.82) is 0 Å². The third-order valence-corrected chi connectivity index (χ3v) is 3.36. The van der Waals surface area contributed by atoms with Gasteiger partial charge in [-0.05, 0) is 36.8 Å². The molecule has 1 aromatic heterocycles. The minimum atomic E-state index is 0.576. The van der Waals surface area contributed by atoms with Crippen LogP contribution in [0.4, 0.5) is 0 Å². The average Bonchev–Trinajstić information content (AvgIpc) is 2.41. The van der Waals surface area contributed by atoms with Gasteiger partial charge in [0, 0.05) is 4.47 Å². The summed E-state index contributed by atoms with van der Waals surface area (Å²) >= 11 is 3.43. The molecule has 19 heavy (non-hydrogen) atoms. The minimum Gasteiger partial charge on any atom is -0.438 e. The fourth-order valence-electron chi connectivity index (χ4n) is 1.86. The number of rotatable bonds is 2. The van der Waals surface area contributed by atoms with Crippen LogP contribution in [-0.4, -0.2) is 9.97 Å². The molecule has 0 amide bonds. The van der Waals surface area contributed by atoms with Crippen LogP contribution >= 0.6 is 15.9 Å². The molecule has 94 valence electrons. The molecule has 0 radical (unpaired) electrons. The predicted octanol–water partition coefficient (Wildman–Crippen LogP) is 4.49. The Morgan fingerprint density at radius 2 is 1.89 bits per heavy atom. The molecule has 2 aromatic carbocycles. The van der Waals surface area contributed by atoms with E-state index in [1.54, 1.807) is 0 Å². The smallest absolute Gasteiger partial charge is 0.230 e. The molecule has 0 spiro atoms. The zero-order valence-corrected chi connectivity index (χ0v) is 11.9. The van der Waals surface area contributed by atoms with E-state index < -0.39 is 0 Å². The number of benzene rings is 2. The van der Waals surface area contributed by atoms with Crippen LogP contribution in [0.3, 0.4) is 0 Å². The number of aryl methyl sites for hydroxylation is 1. The van der Waals surface area contributed by atoms with E-state index in [-0.39, 0.29) is 0 Å². The van der Waals surface area contributed by atoms with Crippen LogP contribution in [0.1, 0.15) is 5.56 Å². The first-order chi connectivity index (χ1) is 9.24. The van der Waals surface area contributed by atoms with Crippen LogP contribution < -0.4 is 4.74 Å². The van der Waals surface area contributed by atoms with Crippen molar-refractivity contribution in [2.45, 2.75) is 6.92 Å². The Morgan fingerprint density at radius 3 is 2.74 bits per heavy atom. The SMILES string of the molecule is Cc1ccccc1Oc1ncnc2cc(Br)ccc12. The quantitative estimate of drug-likeness (QED) is 0.699. The number of ether oxygens (including phenoxy) is 1.